The fourth-order valence-electron chi connectivity index (χ4n) is 2.11. The lowest BCUT2D eigenvalue weighted by Crippen LogP contribution is -2.42. The van der Waals surface area contributed by atoms with E-state index in [1.165, 1.54) is 0 Å². The van der Waals surface area contributed by atoms with Gasteiger partial charge in [0.1, 0.15) is 5.75 Å². The highest BCUT2D eigenvalue weighted by Gasteiger charge is 2.09. The highest BCUT2D eigenvalue weighted by molar-refractivity contribution is 5.92. The molecule has 21 heavy (non-hydrogen) atoms. The molecule has 0 heterocycles. The first-order valence-electron chi connectivity index (χ1n) is 7.48. The first-order valence-corrected chi connectivity index (χ1v) is 7.48. The molecule has 1 amide bonds. The van der Waals surface area contributed by atoms with E-state index >= 15 is 0 Å². The molecule has 5 nitrogen and oxygen atoms in total. The lowest BCUT2D eigenvalue weighted by Gasteiger charge is -2.23. The zero-order valence-electron chi connectivity index (χ0n) is 13.5. The van der Waals surface area contributed by atoms with Crippen LogP contribution in [-0.4, -0.2) is 50.1 Å². The molecule has 5 heteroatoms. The predicted octanol–water partition coefficient (Wildman–Crippen LogP) is 1.95. The van der Waals surface area contributed by atoms with E-state index in [2.05, 4.69) is 36.3 Å². The molecule has 0 radical (unpaired) electrons. The molecular formula is C16H27N3O2. The van der Waals surface area contributed by atoms with Crippen molar-refractivity contribution in [3.63, 3.8) is 0 Å². The number of hydrogen-bond donors (Lipinski definition) is 2. The van der Waals surface area contributed by atoms with Crippen molar-refractivity contribution >= 4 is 11.6 Å². The average molecular weight is 293 g/mol. The van der Waals surface area contributed by atoms with Crippen LogP contribution in [0.15, 0.2) is 24.3 Å². The summed E-state index contributed by atoms with van der Waals surface area (Å²) in [6.45, 7) is 9.69. The number of carbonyl (C=O) groups is 1. The third-order valence-corrected chi connectivity index (χ3v) is 3.39. The van der Waals surface area contributed by atoms with Crippen molar-refractivity contribution in [2.45, 2.75) is 26.8 Å². The van der Waals surface area contributed by atoms with Gasteiger partial charge in [0.25, 0.3) is 0 Å². The number of ether oxygens (including phenoxy) is 1. The maximum absolute atomic E-state index is 11.9. The number of likely N-dealkylation sites (N-methyl/N-ethyl adjacent to an activating group) is 1. The third kappa shape index (κ3) is 6.60. The molecule has 118 valence electrons. The zero-order valence-corrected chi connectivity index (χ0v) is 13.5. The van der Waals surface area contributed by atoms with Crippen LogP contribution in [0.1, 0.15) is 20.8 Å². The Kier molecular flexibility index (Phi) is 7.79. The van der Waals surface area contributed by atoms with Gasteiger partial charge in [0.15, 0.2) is 0 Å². The Morgan fingerprint density at radius 3 is 2.67 bits per heavy atom. The molecule has 1 unspecified atom stereocenters. The fraction of sp³-hybridized carbons (Fsp3) is 0.562. The van der Waals surface area contributed by atoms with Crippen LogP contribution in [0, 0.1) is 0 Å². The van der Waals surface area contributed by atoms with E-state index in [0.29, 0.717) is 6.54 Å². The Hall–Kier alpha value is -1.59. The van der Waals surface area contributed by atoms with Gasteiger partial charge in [-0.1, -0.05) is 19.9 Å². The number of nitrogens with zero attached hydrogens (tertiary/aromatic N) is 1. The van der Waals surface area contributed by atoms with Gasteiger partial charge in [-0.15, -0.1) is 0 Å². The van der Waals surface area contributed by atoms with E-state index in [4.69, 9.17) is 4.74 Å². The van der Waals surface area contributed by atoms with Gasteiger partial charge in [-0.3, -0.25) is 4.79 Å². The molecule has 1 atom stereocenters. The molecule has 1 rings (SSSR count). The molecule has 0 bridgehead atoms. The largest absolute Gasteiger partial charge is 0.497 e. The summed E-state index contributed by atoms with van der Waals surface area (Å²) in [5.41, 5.74) is 0.748. The van der Waals surface area contributed by atoms with Crippen molar-refractivity contribution in [3.05, 3.63) is 24.3 Å². The number of amides is 1. The summed E-state index contributed by atoms with van der Waals surface area (Å²) < 4.78 is 5.13. The van der Waals surface area contributed by atoms with Crippen LogP contribution >= 0.6 is 0 Å². The summed E-state index contributed by atoms with van der Waals surface area (Å²) in [6, 6.07) is 7.63. The third-order valence-electron chi connectivity index (χ3n) is 3.39. The van der Waals surface area contributed by atoms with Crippen molar-refractivity contribution in [2.24, 2.45) is 0 Å². The Morgan fingerprint density at radius 2 is 2.05 bits per heavy atom. The quantitative estimate of drug-likeness (QED) is 0.731. The van der Waals surface area contributed by atoms with E-state index < -0.39 is 0 Å². The van der Waals surface area contributed by atoms with Gasteiger partial charge in [0, 0.05) is 24.3 Å². The van der Waals surface area contributed by atoms with E-state index in [1.807, 2.05) is 18.2 Å². The second kappa shape index (κ2) is 9.37. The zero-order chi connectivity index (χ0) is 15.7. The van der Waals surface area contributed by atoms with Crippen LogP contribution in [0.5, 0.6) is 5.75 Å². The SMILES string of the molecule is CCN(CC)CC(C)NCC(=O)Nc1cccc(OC)c1. The molecule has 0 fully saturated rings. The van der Waals surface area contributed by atoms with Gasteiger partial charge in [-0.25, -0.2) is 0 Å². The molecule has 1 aromatic carbocycles. The molecule has 0 spiro atoms. The van der Waals surface area contributed by atoms with Gasteiger partial charge in [-0.05, 0) is 32.1 Å². The predicted molar refractivity (Wildman–Crippen MR) is 86.9 cm³/mol. The molecule has 2 N–H and O–H groups in total. The van der Waals surface area contributed by atoms with Gasteiger partial charge >= 0.3 is 0 Å². The smallest absolute Gasteiger partial charge is 0.238 e. The van der Waals surface area contributed by atoms with Crippen molar-refractivity contribution in [3.8, 4) is 5.75 Å². The normalized spacial score (nSPS) is 12.2. The van der Waals surface area contributed by atoms with Crippen molar-refractivity contribution in [2.75, 3.05) is 38.6 Å². The highest BCUT2D eigenvalue weighted by atomic mass is 16.5. The van der Waals surface area contributed by atoms with E-state index in [0.717, 1.165) is 31.1 Å². The summed E-state index contributed by atoms with van der Waals surface area (Å²) in [7, 11) is 1.61. The average Bonchev–Trinajstić information content (AvgIpc) is 2.50. The number of nitrogens with one attached hydrogen (secondary N) is 2. The maximum Gasteiger partial charge on any atom is 0.238 e. The second-order valence-corrected chi connectivity index (χ2v) is 5.05. The standard InChI is InChI=1S/C16H27N3O2/c1-5-19(6-2)12-13(3)17-11-16(20)18-14-8-7-9-15(10-14)21-4/h7-10,13,17H,5-6,11-12H2,1-4H3,(H,18,20). The molecular weight excluding hydrogens is 266 g/mol. The van der Waals surface area contributed by atoms with Crippen LogP contribution in [0.4, 0.5) is 5.69 Å². The summed E-state index contributed by atoms with van der Waals surface area (Å²) in [5.74, 6) is 0.685. The Balaban J connectivity index is 2.36. The van der Waals surface area contributed by atoms with Crippen molar-refractivity contribution in [1.82, 2.24) is 10.2 Å². The summed E-state index contributed by atoms with van der Waals surface area (Å²) in [4.78, 5) is 14.2. The van der Waals surface area contributed by atoms with Gasteiger partial charge in [0.05, 0.1) is 13.7 Å². The van der Waals surface area contributed by atoms with Crippen LogP contribution in [0.25, 0.3) is 0 Å². The molecule has 0 aromatic heterocycles. The second-order valence-electron chi connectivity index (χ2n) is 5.05. The molecule has 1 aromatic rings. The van der Waals surface area contributed by atoms with Crippen LogP contribution in [-0.2, 0) is 4.79 Å². The summed E-state index contributed by atoms with van der Waals surface area (Å²) in [5, 5.41) is 6.10. The Labute approximate surface area is 127 Å². The highest BCUT2D eigenvalue weighted by Crippen LogP contribution is 2.16. The first kappa shape index (κ1) is 17.5. The molecule has 0 aliphatic rings. The minimum Gasteiger partial charge on any atom is -0.497 e. The number of anilines is 1. The Bertz CT molecular complexity index is 433. The van der Waals surface area contributed by atoms with E-state index in [1.54, 1.807) is 13.2 Å². The minimum atomic E-state index is -0.0466. The monoisotopic (exact) mass is 293 g/mol. The molecule has 0 saturated carbocycles. The summed E-state index contributed by atoms with van der Waals surface area (Å²) >= 11 is 0. The molecule has 0 aliphatic heterocycles. The first-order chi connectivity index (χ1) is 10.1. The van der Waals surface area contributed by atoms with Gasteiger partial charge < -0.3 is 20.3 Å². The topological polar surface area (TPSA) is 53.6 Å². The lowest BCUT2D eigenvalue weighted by atomic mass is 10.3. The maximum atomic E-state index is 11.9. The minimum absolute atomic E-state index is 0.0466. The number of hydrogen-bond acceptors (Lipinski definition) is 4. The number of rotatable bonds is 9. The number of benzene rings is 1. The van der Waals surface area contributed by atoms with Crippen LogP contribution in [0.3, 0.4) is 0 Å². The fourth-order valence-corrected chi connectivity index (χ4v) is 2.11. The number of carbonyl (C=O) groups excluding carboxylic acids is 1. The van der Waals surface area contributed by atoms with E-state index in [9.17, 15) is 4.79 Å². The van der Waals surface area contributed by atoms with Gasteiger partial charge in [0.2, 0.25) is 5.91 Å². The molecule has 0 aliphatic carbocycles. The van der Waals surface area contributed by atoms with Crippen LogP contribution < -0.4 is 15.4 Å². The summed E-state index contributed by atoms with van der Waals surface area (Å²) in [6.07, 6.45) is 0. The lowest BCUT2D eigenvalue weighted by molar-refractivity contribution is -0.115. The number of methoxy groups -OCH3 is 1. The van der Waals surface area contributed by atoms with Crippen molar-refractivity contribution in [1.29, 1.82) is 0 Å². The van der Waals surface area contributed by atoms with E-state index in [-0.39, 0.29) is 11.9 Å². The van der Waals surface area contributed by atoms with Crippen molar-refractivity contribution < 1.29 is 9.53 Å². The Morgan fingerprint density at radius 1 is 1.33 bits per heavy atom. The molecule has 0 saturated heterocycles. The van der Waals surface area contributed by atoms with Crippen LogP contribution in [0.2, 0.25) is 0 Å². The van der Waals surface area contributed by atoms with Gasteiger partial charge in [-0.2, -0.15) is 0 Å².